The number of aromatic nitrogens is 2. The van der Waals surface area contributed by atoms with Crippen LogP contribution in [-0.4, -0.2) is 33.4 Å². The van der Waals surface area contributed by atoms with Crippen molar-refractivity contribution in [2.24, 2.45) is 5.92 Å². The molecule has 25 heavy (non-hydrogen) atoms. The molecule has 0 aliphatic heterocycles. The van der Waals surface area contributed by atoms with E-state index in [1.54, 1.807) is 24.3 Å². The first-order valence-electron chi connectivity index (χ1n) is 9.01. The molecule has 0 bridgehead atoms. The first-order chi connectivity index (χ1) is 12.0. The normalized spacial score (nSPS) is 11.2. The Morgan fingerprint density at radius 3 is 2.48 bits per heavy atom. The lowest BCUT2D eigenvalue weighted by molar-refractivity contribution is -0.131. The molecule has 136 valence electrons. The van der Waals surface area contributed by atoms with E-state index < -0.39 is 11.2 Å². The quantitative estimate of drug-likeness (QED) is 0.798. The van der Waals surface area contributed by atoms with Gasteiger partial charge in [-0.3, -0.25) is 19.1 Å². The van der Waals surface area contributed by atoms with E-state index in [1.807, 2.05) is 11.8 Å². The van der Waals surface area contributed by atoms with E-state index in [-0.39, 0.29) is 18.9 Å². The van der Waals surface area contributed by atoms with E-state index in [0.717, 1.165) is 19.4 Å². The zero-order valence-corrected chi connectivity index (χ0v) is 15.2. The molecule has 0 saturated carbocycles. The monoisotopic (exact) mass is 345 g/mol. The molecule has 1 aromatic heterocycles. The lowest BCUT2D eigenvalue weighted by Crippen LogP contribution is -2.37. The van der Waals surface area contributed by atoms with Crippen LogP contribution in [0.4, 0.5) is 0 Å². The summed E-state index contributed by atoms with van der Waals surface area (Å²) in [5.41, 5.74) is -0.307. The first kappa shape index (κ1) is 19.0. The van der Waals surface area contributed by atoms with Crippen LogP contribution in [-0.2, 0) is 11.3 Å². The van der Waals surface area contributed by atoms with Crippen molar-refractivity contribution in [3.05, 3.63) is 45.1 Å². The van der Waals surface area contributed by atoms with Gasteiger partial charge >= 0.3 is 5.69 Å². The van der Waals surface area contributed by atoms with E-state index in [4.69, 9.17) is 0 Å². The Kier molecular flexibility index (Phi) is 6.56. The van der Waals surface area contributed by atoms with Crippen LogP contribution in [0.25, 0.3) is 10.9 Å². The third kappa shape index (κ3) is 4.38. The van der Waals surface area contributed by atoms with Crippen molar-refractivity contribution < 1.29 is 4.79 Å². The van der Waals surface area contributed by atoms with Crippen molar-refractivity contribution in [2.75, 3.05) is 13.1 Å². The van der Waals surface area contributed by atoms with Gasteiger partial charge in [-0.2, -0.15) is 0 Å². The van der Waals surface area contributed by atoms with Gasteiger partial charge < -0.3 is 4.90 Å². The summed E-state index contributed by atoms with van der Waals surface area (Å²) in [5.74, 6) is 0.539. The molecule has 0 aliphatic rings. The van der Waals surface area contributed by atoms with Crippen molar-refractivity contribution >= 4 is 16.8 Å². The van der Waals surface area contributed by atoms with Crippen molar-refractivity contribution in [2.45, 2.75) is 46.6 Å². The number of hydrogen-bond acceptors (Lipinski definition) is 3. The number of H-pyrrole nitrogens is 1. The number of carbonyl (C=O) groups excluding carboxylic acids is 1. The second kappa shape index (κ2) is 8.65. The van der Waals surface area contributed by atoms with E-state index >= 15 is 0 Å². The molecule has 1 N–H and O–H groups in total. The second-order valence-electron chi connectivity index (χ2n) is 6.29. The van der Waals surface area contributed by atoms with Crippen LogP contribution >= 0.6 is 0 Å². The fraction of sp³-hybridized carbons (Fsp3) is 0.526. The molecule has 6 nitrogen and oxygen atoms in total. The third-order valence-electron chi connectivity index (χ3n) is 4.82. The summed E-state index contributed by atoms with van der Waals surface area (Å²) >= 11 is 0. The average molecular weight is 345 g/mol. The van der Waals surface area contributed by atoms with Gasteiger partial charge in [-0.25, -0.2) is 4.79 Å². The van der Waals surface area contributed by atoms with Gasteiger partial charge in [0.15, 0.2) is 0 Å². The summed E-state index contributed by atoms with van der Waals surface area (Å²) in [6.07, 6.45) is 2.33. The summed E-state index contributed by atoms with van der Waals surface area (Å²) in [7, 11) is 0. The summed E-state index contributed by atoms with van der Waals surface area (Å²) < 4.78 is 1.47. The first-order valence-corrected chi connectivity index (χ1v) is 9.01. The number of fused-ring (bicyclic) bond motifs is 1. The highest BCUT2D eigenvalue weighted by Crippen LogP contribution is 2.12. The number of hydrogen-bond donors (Lipinski definition) is 1. The van der Waals surface area contributed by atoms with Crippen molar-refractivity contribution in [3.8, 4) is 0 Å². The van der Waals surface area contributed by atoms with Crippen LogP contribution in [0.5, 0.6) is 0 Å². The molecule has 6 heteroatoms. The Morgan fingerprint density at radius 2 is 1.84 bits per heavy atom. The van der Waals surface area contributed by atoms with Gasteiger partial charge in [-0.15, -0.1) is 0 Å². The van der Waals surface area contributed by atoms with E-state index in [1.165, 1.54) is 4.57 Å². The van der Waals surface area contributed by atoms with Crippen LogP contribution in [0, 0.1) is 5.92 Å². The smallest absolute Gasteiger partial charge is 0.328 e. The minimum absolute atomic E-state index is 0.0385. The number of aryl methyl sites for hydroxylation is 1. The summed E-state index contributed by atoms with van der Waals surface area (Å²) in [5, 5.41) is 0.457. The number of aromatic amines is 1. The predicted octanol–water partition coefficient (Wildman–Crippen LogP) is 2.36. The molecular weight excluding hydrogens is 318 g/mol. The summed E-state index contributed by atoms with van der Waals surface area (Å²) in [4.78, 5) is 40.8. The standard InChI is InChI=1S/C19H27N3O3/c1-4-14(5-2)13-21(6-3)17(23)11-12-22-16-10-8-7-9-15(16)18(24)20-19(22)25/h7-10,14H,4-6,11-13H2,1-3H3,(H,20,24,25). The van der Waals surface area contributed by atoms with Crippen LogP contribution in [0.3, 0.4) is 0 Å². The van der Waals surface area contributed by atoms with Crippen LogP contribution < -0.4 is 11.2 Å². The Morgan fingerprint density at radius 1 is 1.16 bits per heavy atom. The highest BCUT2D eigenvalue weighted by Gasteiger charge is 2.16. The molecule has 0 unspecified atom stereocenters. The Labute approximate surface area is 147 Å². The molecule has 0 aliphatic carbocycles. The van der Waals surface area contributed by atoms with Crippen LogP contribution in [0.15, 0.2) is 33.9 Å². The number of nitrogens with zero attached hydrogens (tertiary/aromatic N) is 2. The summed E-state index contributed by atoms with van der Waals surface area (Å²) in [6.45, 7) is 7.92. The molecule has 0 fully saturated rings. The molecule has 0 radical (unpaired) electrons. The average Bonchev–Trinajstić information content (AvgIpc) is 2.62. The number of benzene rings is 1. The molecule has 0 saturated heterocycles. The highest BCUT2D eigenvalue weighted by molar-refractivity contribution is 5.78. The number of amides is 1. The second-order valence-corrected chi connectivity index (χ2v) is 6.29. The molecule has 2 rings (SSSR count). The highest BCUT2D eigenvalue weighted by atomic mass is 16.2. The Hall–Kier alpha value is -2.37. The predicted molar refractivity (Wildman–Crippen MR) is 99.8 cm³/mol. The Bertz CT molecular complexity index is 834. The molecule has 1 heterocycles. The Balaban J connectivity index is 2.18. The maximum absolute atomic E-state index is 12.6. The van der Waals surface area contributed by atoms with Gasteiger partial charge in [0, 0.05) is 26.1 Å². The summed E-state index contributed by atoms with van der Waals surface area (Å²) in [6, 6.07) is 6.95. The minimum Gasteiger partial charge on any atom is -0.343 e. The molecule has 1 amide bonds. The van der Waals surface area contributed by atoms with Gasteiger partial charge in [-0.05, 0) is 25.0 Å². The third-order valence-corrected chi connectivity index (χ3v) is 4.82. The van der Waals surface area contributed by atoms with Gasteiger partial charge in [-0.1, -0.05) is 38.8 Å². The van der Waals surface area contributed by atoms with E-state index in [0.29, 0.717) is 23.4 Å². The van der Waals surface area contributed by atoms with Gasteiger partial charge in [0.2, 0.25) is 5.91 Å². The van der Waals surface area contributed by atoms with Crippen molar-refractivity contribution in [3.63, 3.8) is 0 Å². The number of rotatable bonds is 8. The van der Waals surface area contributed by atoms with Gasteiger partial charge in [0.1, 0.15) is 0 Å². The zero-order valence-electron chi connectivity index (χ0n) is 15.2. The minimum atomic E-state index is -0.473. The number of carbonyl (C=O) groups is 1. The maximum Gasteiger partial charge on any atom is 0.328 e. The zero-order chi connectivity index (χ0) is 18.4. The van der Waals surface area contributed by atoms with Crippen molar-refractivity contribution in [1.82, 2.24) is 14.5 Å². The largest absolute Gasteiger partial charge is 0.343 e. The maximum atomic E-state index is 12.6. The van der Waals surface area contributed by atoms with Gasteiger partial charge in [0.05, 0.1) is 10.9 Å². The van der Waals surface area contributed by atoms with Crippen LogP contribution in [0.1, 0.15) is 40.0 Å². The molecular formula is C19H27N3O3. The van der Waals surface area contributed by atoms with E-state index in [9.17, 15) is 14.4 Å². The fourth-order valence-electron chi connectivity index (χ4n) is 3.10. The molecule has 1 aromatic carbocycles. The topological polar surface area (TPSA) is 75.2 Å². The van der Waals surface area contributed by atoms with Crippen molar-refractivity contribution in [1.29, 1.82) is 0 Å². The number of para-hydroxylation sites is 1. The SMILES string of the molecule is CCC(CC)CN(CC)C(=O)CCn1c(=O)[nH]c(=O)c2ccccc21. The molecule has 2 aromatic rings. The number of nitrogens with one attached hydrogen (secondary N) is 1. The fourth-order valence-corrected chi connectivity index (χ4v) is 3.10. The lowest BCUT2D eigenvalue weighted by Gasteiger charge is -2.25. The lowest BCUT2D eigenvalue weighted by atomic mass is 10.0. The van der Waals surface area contributed by atoms with Crippen LogP contribution in [0.2, 0.25) is 0 Å². The van der Waals surface area contributed by atoms with Gasteiger partial charge in [0.25, 0.3) is 5.56 Å². The molecule has 0 spiro atoms. The molecule has 0 atom stereocenters. The van der Waals surface area contributed by atoms with E-state index in [2.05, 4.69) is 18.8 Å².